The lowest BCUT2D eigenvalue weighted by Crippen LogP contribution is -2.39. The van der Waals surface area contributed by atoms with Crippen LogP contribution in [-0.4, -0.2) is 23.5 Å². The zero-order valence-corrected chi connectivity index (χ0v) is 11.8. The molecular weight excluding hydrogens is 256 g/mol. The lowest BCUT2D eigenvalue weighted by molar-refractivity contribution is -0.385. The van der Waals surface area contributed by atoms with Crippen molar-refractivity contribution in [2.45, 2.75) is 32.9 Å². The number of aliphatic imine (C=N–C) groups is 1. The molecule has 6 nitrogen and oxygen atoms in total. The van der Waals surface area contributed by atoms with Gasteiger partial charge in [-0.2, -0.15) is 0 Å². The number of rotatable bonds is 5. The molecule has 0 saturated heterocycles. The molecule has 2 N–H and O–H groups in total. The van der Waals surface area contributed by atoms with Gasteiger partial charge in [0.05, 0.1) is 17.0 Å². The summed E-state index contributed by atoms with van der Waals surface area (Å²) in [7, 11) is 0. The van der Waals surface area contributed by atoms with Crippen LogP contribution in [0.3, 0.4) is 0 Å². The quantitative estimate of drug-likeness (QED) is 0.373. The molecule has 2 rings (SSSR count). The largest absolute Gasteiger partial charge is 0.357 e. The van der Waals surface area contributed by atoms with Gasteiger partial charge in [-0.15, -0.1) is 0 Å². The Balaban J connectivity index is 2.06. The topological polar surface area (TPSA) is 79.6 Å². The first-order valence-corrected chi connectivity index (χ1v) is 6.89. The third-order valence-electron chi connectivity index (χ3n) is 3.37. The van der Waals surface area contributed by atoms with Crippen LogP contribution >= 0.6 is 0 Å². The van der Waals surface area contributed by atoms with Gasteiger partial charge in [0, 0.05) is 18.7 Å². The number of nitro groups is 1. The fraction of sp³-hybridized carbons (Fsp3) is 0.500. The second kappa shape index (κ2) is 6.36. The first-order chi connectivity index (χ1) is 9.61. The van der Waals surface area contributed by atoms with E-state index in [2.05, 4.69) is 22.5 Å². The second-order valence-electron chi connectivity index (χ2n) is 5.04. The van der Waals surface area contributed by atoms with Gasteiger partial charge >= 0.3 is 0 Å². The molecular formula is C14H20N4O2. The van der Waals surface area contributed by atoms with E-state index < -0.39 is 0 Å². The van der Waals surface area contributed by atoms with Crippen molar-refractivity contribution < 1.29 is 4.92 Å². The first kappa shape index (κ1) is 14.3. The molecule has 1 fully saturated rings. The molecule has 0 bridgehead atoms. The number of benzene rings is 1. The smallest absolute Gasteiger partial charge is 0.274 e. The summed E-state index contributed by atoms with van der Waals surface area (Å²) in [5, 5.41) is 17.4. The molecule has 0 aromatic heterocycles. The van der Waals surface area contributed by atoms with Crippen LogP contribution in [-0.2, 0) is 6.54 Å². The highest BCUT2D eigenvalue weighted by Crippen LogP contribution is 2.28. The molecule has 0 aliphatic heterocycles. The van der Waals surface area contributed by atoms with Crippen LogP contribution in [0.15, 0.2) is 29.3 Å². The van der Waals surface area contributed by atoms with Crippen LogP contribution in [0.4, 0.5) is 5.69 Å². The van der Waals surface area contributed by atoms with Crippen molar-refractivity contribution in [1.29, 1.82) is 0 Å². The number of nitrogens with zero attached hydrogens (tertiary/aromatic N) is 2. The van der Waals surface area contributed by atoms with Gasteiger partial charge in [-0.3, -0.25) is 10.1 Å². The van der Waals surface area contributed by atoms with Crippen molar-refractivity contribution in [3.05, 3.63) is 39.9 Å². The number of hydrogen-bond donors (Lipinski definition) is 2. The molecule has 1 aliphatic carbocycles. The van der Waals surface area contributed by atoms with E-state index in [4.69, 9.17) is 0 Å². The van der Waals surface area contributed by atoms with Gasteiger partial charge in [-0.25, -0.2) is 4.99 Å². The van der Waals surface area contributed by atoms with Crippen molar-refractivity contribution in [3.63, 3.8) is 0 Å². The zero-order valence-electron chi connectivity index (χ0n) is 11.8. The molecule has 2 unspecified atom stereocenters. The van der Waals surface area contributed by atoms with E-state index in [1.165, 1.54) is 6.07 Å². The van der Waals surface area contributed by atoms with Gasteiger partial charge in [0.25, 0.3) is 5.69 Å². The fourth-order valence-electron chi connectivity index (χ4n) is 2.01. The SMILES string of the molecule is CCNC(=NCc1ccccc1[N+](=O)[O-])NC1CC1C. The van der Waals surface area contributed by atoms with Gasteiger partial charge in [0.1, 0.15) is 0 Å². The molecule has 0 radical (unpaired) electrons. The summed E-state index contributed by atoms with van der Waals surface area (Å²) in [5.41, 5.74) is 0.741. The Labute approximate surface area is 118 Å². The van der Waals surface area contributed by atoms with Gasteiger partial charge in [0.15, 0.2) is 5.96 Å². The van der Waals surface area contributed by atoms with Crippen molar-refractivity contribution >= 4 is 11.6 Å². The van der Waals surface area contributed by atoms with Crippen LogP contribution in [0.1, 0.15) is 25.8 Å². The summed E-state index contributed by atoms with van der Waals surface area (Å²) in [6, 6.07) is 7.18. The fourth-order valence-corrected chi connectivity index (χ4v) is 2.01. The summed E-state index contributed by atoms with van der Waals surface area (Å²) >= 11 is 0. The molecule has 0 amide bonds. The van der Waals surface area contributed by atoms with Crippen molar-refractivity contribution in [1.82, 2.24) is 10.6 Å². The van der Waals surface area contributed by atoms with Crippen molar-refractivity contribution in [2.75, 3.05) is 6.54 Å². The Morgan fingerprint density at radius 3 is 2.80 bits per heavy atom. The van der Waals surface area contributed by atoms with Gasteiger partial charge in [-0.05, 0) is 19.3 Å². The Bertz CT molecular complexity index is 516. The molecule has 108 valence electrons. The summed E-state index contributed by atoms with van der Waals surface area (Å²) in [6.45, 7) is 5.25. The van der Waals surface area contributed by atoms with Crippen LogP contribution in [0, 0.1) is 16.0 Å². The maximum atomic E-state index is 10.9. The zero-order chi connectivity index (χ0) is 14.5. The molecule has 0 heterocycles. The van der Waals surface area contributed by atoms with Gasteiger partial charge < -0.3 is 10.6 Å². The minimum absolute atomic E-state index is 0.117. The standard InChI is InChI=1S/C14H20N4O2/c1-3-15-14(17-12-8-10(12)2)16-9-11-6-4-5-7-13(11)18(19)20/h4-7,10,12H,3,8-9H2,1-2H3,(H2,15,16,17). The highest BCUT2D eigenvalue weighted by Gasteiger charge is 2.33. The van der Waals surface area contributed by atoms with Gasteiger partial charge in [-0.1, -0.05) is 25.1 Å². The van der Waals surface area contributed by atoms with E-state index in [1.54, 1.807) is 18.2 Å². The highest BCUT2D eigenvalue weighted by atomic mass is 16.6. The number of para-hydroxylation sites is 1. The van der Waals surface area contributed by atoms with Gasteiger partial charge in [0.2, 0.25) is 0 Å². The Hall–Kier alpha value is -2.11. The minimum atomic E-state index is -0.367. The normalized spacial score (nSPS) is 21.4. The monoisotopic (exact) mass is 276 g/mol. The number of guanidine groups is 1. The number of hydrogen-bond acceptors (Lipinski definition) is 3. The third-order valence-corrected chi connectivity index (χ3v) is 3.37. The Morgan fingerprint density at radius 2 is 2.20 bits per heavy atom. The minimum Gasteiger partial charge on any atom is -0.357 e. The molecule has 20 heavy (non-hydrogen) atoms. The number of nitro benzene ring substituents is 1. The predicted octanol–water partition coefficient (Wildman–Crippen LogP) is 2.06. The molecule has 0 spiro atoms. The summed E-state index contributed by atoms with van der Waals surface area (Å²) in [4.78, 5) is 15.0. The summed E-state index contributed by atoms with van der Waals surface area (Å²) in [6.07, 6.45) is 1.15. The van der Waals surface area contributed by atoms with Crippen molar-refractivity contribution in [3.8, 4) is 0 Å². The van der Waals surface area contributed by atoms with E-state index in [1.807, 2.05) is 6.92 Å². The summed E-state index contributed by atoms with van der Waals surface area (Å²) < 4.78 is 0. The third kappa shape index (κ3) is 3.69. The molecule has 1 aromatic rings. The van der Waals surface area contributed by atoms with E-state index in [0.29, 0.717) is 24.1 Å². The highest BCUT2D eigenvalue weighted by molar-refractivity contribution is 5.80. The maximum Gasteiger partial charge on any atom is 0.274 e. The second-order valence-corrected chi connectivity index (χ2v) is 5.04. The first-order valence-electron chi connectivity index (χ1n) is 6.89. The predicted molar refractivity (Wildman–Crippen MR) is 78.6 cm³/mol. The molecule has 1 aromatic carbocycles. The van der Waals surface area contributed by atoms with Crippen molar-refractivity contribution in [2.24, 2.45) is 10.9 Å². The lowest BCUT2D eigenvalue weighted by atomic mass is 10.2. The Kier molecular flexibility index (Phi) is 4.55. The molecule has 2 atom stereocenters. The van der Waals surface area contributed by atoms with E-state index in [-0.39, 0.29) is 10.6 Å². The lowest BCUT2D eigenvalue weighted by Gasteiger charge is -2.10. The number of nitrogens with one attached hydrogen (secondary N) is 2. The summed E-state index contributed by atoms with van der Waals surface area (Å²) in [5.74, 6) is 1.39. The van der Waals surface area contributed by atoms with E-state index in [9.17, 15) is 10.1 Å². The van der Waals surface area contributed by atoms with Crippen LogP contribution in [0.5, 0.6) is 0 Å². The van der Waals surface area contributed by atoms with E-state index in [0.717, 1.165) is 18.9 Å². The molecule has 1 saturated carbocycles. The van der Waals surface area contributed by atoms with Crippen LogP contribution < -0.4 is 10.6 Å². The Morgan fingerprint density at radius 1 is 1.50 bits per heavy atom. The average molecular weight is 276 g/mol. The van der Waals surface area contributed by atoms with Crippen LogP contribution in [0.2, 0.25) is 0 Å². The molecule has 6 heteroatoms. The van der Waals surface area contributed by atoms with E-state index >= 15 is 0 Å². The molecule has 1 aliphatic rings. The van der Waals surface area contributed by atoms with Crippen LogP contribution in [0.25, 0.3) is 0 Å². The average Bonchev–Trinajstić information content (AvgIpc) is 3.12. The maximum absolute atomic E-state index is 10.9.